The summed E-state index contributed by atoms with van der Waals surface area (Å²) in [6.07, 6.45) is 1.37. The number of nitrogens with one attached hydrogen (secondary N) is 1. The fraction of sp³-hybridized carbons (Fsp3) is 0.211. The molecule has 0 amide bonds. The maximum absolute atomic E-state index is 12.8. The fourth-order valence-electron chi connectivity index (χ4n) is 3.43. The first-order valence-corrected chi connectivity index (χ1v) is 10.6. The molecule has 1 aromatic heterocycles. The van der Waals surface area contributed by atoms with Crippen molar-refractivity contribution in [2.45, 2.75) is 29.4 Å². The number of sulfone groups is 1. The van der Waals surface area contributed by atoms with Gasteiger partial charge in [-0.2, -0.15) is 0 Å². The van der Waals surface area contributed by atoms with E-state index in [0.29, 0.717) is 29.0 Å². The van der Waals surface area contributed by atoms with Gasteiger partial charge in [0.2, 0.25) is 5.88 Å². The quantitative estimate of drug-likeness (QED) is 0.721. The fourth-order valence-corrected chi connectivity index (χ4v) is 6.12. The monoisotopic (exact) mass is 387 g/mol. The van der Waals surface area contributed by atoms with Crippen molar-refractivity contribution in [3.05, 3.63) is 79.8 Å². The van der Waals surface area contributed by atoms with Gasteiger partial charge in [0.1, 0.15) is 0 Å². The molecule has 2 aromatic carbocycles. The van der Waals surface area contributed by atoms with E-state index in [1.54, 1.807) is 12.1 Å². The summed E-state index contributed by atoms with van der Waals surface area (Å²) in [5, 5.41) is 9.28. The number of aromatic amines is 1. The summed E-state index contributed by atoms with van der Waals surface area (Å²) in [5.74, 6) is -0.116. The summed E-state index contributed by atoms with van der Waals surface area (Å²) >= 11 is 0.965. The van der Waals surface area contributed by atoms with Gasteiger partial charge in [0.25, 0.3) is 0 Å². The number of H-pyrrole nitrogens is 1. The highest BCUT2D eigenvalue weighted by Gasteiger charge is 2.36. The highest BCUT2D eigenvalue weighted by Crippen LogP contribution is 2.34. The van der Waals surface area contributed by atoms with Gasteiger partial charge in [-0.25, -0.2) is 8.42 Å². The zero-order chi connectivity index (χ0) is 18.3. The molecule has 0 saturated heterocycles. The van der Waals surface area contributed by atoms with Crippen molar-refractivity contribution in [2.75, 3.05) is 0 Å². The first-order chi connectivity index (χ1) is 12.4. The standard InChI is InChI=1S/C19H17NO4S2/c21-18-16(25-19(22)20-18)10-13-6-7-17-14(8-13)11-15(26(17,23)24)9-12-4-2-1-3-5-12/h1-8,15,21H,9-11H2,(H,20,22). The Bertz CT molecular complexity index is 1110. The lowest BCUT2D eigenvalue weighted by Gasteiger charge is -2.09. The van der Waals surface area contributed by atoms with Crippen LogP contribution in [0.3, 0.4) is 0 Å². The summed E-state index contributed by atoms with van der Waals surface area (Å²) in [7, 11) is -3.34. The Morgan fingerprint density at radius 3 is 2.58 bits per heavy atom. The van der Waals surface area contributed by atoms with E-state index < -0.39 is 15.1 Å². The summed E-state index contributed by atoms with van der Waals surface area (Å²) in [6, 6.07) is 14.9. The number of benzene rings is 2. The van der Waals surface area contributed by atoms with Crippen LogP contribution in [0.25, 0.3) is 0 Å². The van der Waals surface area contributed by atoms with Crippen LogP contribution in [0, 0.1) is 0 Å². The van der Waals surface area contributed by atoms with E-state index >= 15 is 0 Å². The second-order valence-corrected chi connectivity index (χ2v) is 9.73. The Hall–Kier alpha value is -2.38. The van der Waals surface area contributed by atoms with Crippen LogP contribution in [0.15, 0.2) is 58.2 Å². The predicted octanol–water partition coefficient (Wildman–Crippen LogP) is 2.67. The molecule has 2 heterocycles. The number of aromatic hydroxyl groups is 1. The second kappa shape index (κ2) is 6.41. The molecule has 2 N–H and O–H groups in total. The molecule has 0 aliphatic carbocycles. The molecule has 1 aliphatic rings. The van der Waals surface area contributed by atoms with Gasteiger partial charge in [0.15, 0.2) is 9.84 Å². The van der Waals surface area contributed by atoms with Crippen LogP contribution in [0.2, 0.25) is 0 Å². The Balaban J connectivity index is 1.61. The molecule has 0 saturated carbocycles. The molecule has 0 bridgehead atoms. The van der Waals surface area contributed by atoms with Crippen LogP contribution in [0.1, 0.15) is 21.6 Å². The van der Waals surface area contributed by atoms with Crippen LogP contribution in [-0.4, -0.2) is 23.8 Å². The molecule has 1 atom stereocenters. The Kier molecular flexibility index (Phi) is 4.20. The van der Waals surface area contributed by atoms with Crippen molar-refractivity contribution in [1.82, 2.24) is 4.98 Å². The number of fused-ring (bicyclic) bond motifs is 1. The minimum atomic E-state index is -3.34. The lowest BCUT2D eigenvalue weighted by molar-refractivity contribution is 0.451. The maximum Gasteiger partial charge on any atom is 0.307 e. The molecule has 0 spiro atoms. The molecule has 134 valence electrons. The number of rotatable bonds is 4. The van der Waals surface area contributed by atoms with E-state index in [1.165, 1.54) is 0 Å². The maximum atomic E-state index is 12.8. The average Bonchev–Trinajstić information content (AvgIpc) is 3.04. The van der Waals surface area contributed by atoms with Crippen molar-refractivity contribution < 1.29 is 13.5 Å². The third kappa shape index (κ3) is 3.08. The molecule has 0 fully saturated rings. The summed E-state index contributed by atoms with van der Waals surface area (Å²) in [5.41, 5.74) is 2.70. The van der Waals surface area contributed by atoms with Crippen molar-refractivity contribution in [2.24, 2.45) is 0 Å². The molecule has 4 rings (SSSR count). The third-order valence-electron chi connectivity index (χ3n) is 4.69. The number of hydrogen-bond donors (Lipinski definition) is 2. The molecular weight excluding hydrogens is 370 g/mol. The minimum absolute atomic E-state index is 0.116. The predicted molar refractivity (Wildman–Crippen MR) is 101 cm³/mol. The third-order valence-corrected chi connectivity index (χ3v) is 7.78. The molecular formula is C19H17NO4S2. The molecule has 3 aromatic rings. The van der Waals surface area contributed by atoms with Gasteiger partial charge in [-0.15, -0.1) is 0 Å². The topological polar surface area (TPSA) is 87.2 Å². The smallest absolute Gasteiger partial charge is 0.307 e. The Morgan fingerprint density at radius 1 is 1.12 bits per heavy atom. The largest absolute Gasteiger partial charge is 0.494 e. The Morgan fingerprint density at radius 2 is 1.88 bits per heavy atom. The zero-order valence-electron chi connectivity index (χ0n) is 13.8. The van der Waals surface area contributed by atoms with Gasteiger partial charge in [-0.1, -0.05) is 53.8 Å². The molecule has 1 aliphatic heterocycles. The number of hydrogen-bond acceptors (Lipinski definition) is 5. The number of thiazole rings is 1. The molecule has 5 nitrogen and oxygen atoms in total. The summed E-state index contributed by atoms with van der Waals surface area (Å²) in [4.78, 5) is 14.3. The van der Waals surface area contributed by atoms with Gasteiger partial charge in [-0.05, 0) is 35.6 Å². The van der Waals surface area contributed by atoms with Crippen LogP contribution >= 0.6 is 11.3 Å². The van der Waals surface area contributed by atoms with Gasteiger partial charge in [0.05, 0.1) is 15.0 Å². The highest BCUT2D eigenvalue weighted by molar-refractivity contribution is 7.92. The van der Waals surface area contributed by atoms with Crippen molar-refractivity contribution >= 4 is 21.2 Å². The van der Waals surface area contributed by atoms with E-state index in [4.69, 9.17) is 0 Å². The van der Waals surface area contributed by atoms with E-state index in [2.05, 4.69) is 4.98 Å². The molecule has 0 radical (unpaired) electrons. The van der Waals surface area contributed by atoms with Crippen molar-refractivity contribution in [1.29, 1.82) is 0 Å². The van der Waals surface area contributed by atoms with Gasteiger partial charge in [0, 0.05) is 6.42 Å². The van der Waals surface area contributed by atoms with E-state index in [-0.39, 0.29) is 10.8 Å². The molecule has 1 unspecified atom stereocenters. The Labute approximate surface area is 154 Å². The van der Waals surface area contributed by atoms with Crippen molar-refractivity contribution in [3.8, 4) is 5.88 Å². The van der Waals surface area contributed by atoms with Gasteiger partial charge >= 0.3 is 4.87 Å². The first kappa shape index (κ1) is 17.1. The van der Waals surface area contributed by atoms with Crippen LogP contribution in [-0.2, 0) is 29.1 Å². The molecule has 7 heteroatoms. The second-order valence-electron chi connectivity index (χ2n) is 6.47. The lowest BCUT2D eigenvalue weighted by atomic mass is 10.0. The normalized spacial score (nSPS) is 17.9. The van der Waals surface area contributed by atoms with Crippen LogP contribution in [0.4, 0.5) is 0 Å². The number of aromatic nitrogens is 1. The first-order valence-electron chi connectivity index (χ1n) is 8.24. The summed E-state index contributed by atoms with van der Waals surface area (Å²) in [6.45, 7) is 0. The van der Waals surface area contributed by atoms with E-state index in [0.717, 1.165) is 28.0 Å². The van der Waals surface area contributed by atoms with Gasteiger partial charge < -0.3 is 5.11 Å². The van der Waals surface area contributed by atoms with E-state index in [9.17, 15) is 18.3 Å². The molecule has 26 heavy (non-hydrogen) atoms. The SMILES string of the molecule is O=c1[nH]c(O)c(Cc2ccc3c(c2)CC(Cc2ccccc2)S3(=O)=O)s1. The minimum Gasteiger partial charge on any atom is -0.494 e. The van der Waals surface area contributed by atoms with E-state index in [1.807, 2.05) is 36.4 Å². The van der Waals surface area contributed by atoms with Gasteiger partial charge in [-0.3, -0.25) is 9.78 Å². The zero-order valence-corrected chi connectivity index (χ0v) is 15.4. The lowest BCUT2D eigenvalue weighted by Crippen LogP contribution is -2.19. The highest BCUT2D eigenvalue weighted by atomic mass is 32.2. The summed E-state index contributed by atoms with van der Waals surface area (Å²) < 4.78 is 25.7. The van der Waals surface area contributed by atoms with Crippen molar-refractivity contribution in [3.63, 3.8) is 0 Å². The average molecular weight is 387 g/mol. The van der Waals surface area contributed by atoms with Crippen LogP contribution in [0.5, 0.6) is 5.88 Å². The van der Waals surface area contributed by atoms with Crippen LogP contribution < -0.4 is 4.87 Å².